The van der Waals surface area contributed by atoms with Crippen molar-refractivity contribution in [3.63, 3.8) is 0 Å². The number of nitrogens with zero attached hydrogens (tertiary/aromatic N) is 3. The van der Waals surface area contributed by atoms with Gasteiger partial charge in [-0.3, -0.25) is 4.57 Å². The monoisotopic (exact) mass is 249 g/mol. The fourth-order valence-corrected chi connectivity index (χ4v) is 1.99. The number of benzene rings is 1. The van der Waals surface area contributed by atoms with Crippen LogP contribution in [0, 0.1) is 6.92 Å². The van der Waals surface area contributed by atoms with Crippen molar-refractivity contribution in [2.75, 3.05) is 0 Å². The maximum absolute atomic E-state index is 6.15. The van der Waals surface area contributed by atoms with Gasteiger partial charge in [0.25, 0.3) is 0 Å². The average Bonchev–Trinajstić information content (AvgIpc) is 2.60. The van der Waals surface area contributed by atoms with Gasteiger partial charge in [0.1, 0.15) is 5.82 Å². The van der Waals surface area contributed by atoms with Crippen LogP contribution in [-0.4, -0.2) is 14.8 Å². The van der Waals surface area contributed by atoms with Crippen LogP contribution in [-0.2, 0) is 5.41 Å². The van der Waals surface area contributed by atoms with E-state index in [1.165, 1.54) is 0 Å². The zero-order chi connectivity index (χ0) is 12.6. The highest BCUT2D eigenvalue weighted by molar-refractivity contribution is 6.28. The predicted molar refractivity (Wildman–Crippen MR) is 69.8 cm³/mol. The normalized spacial score (nSPS) is 11.8. The number of rotatable bonds is 1. The number of aromatic nitrogens is 3. The molecule has 0 spiro atoms. The highest BCUT2D eigenvalue weighted by atomic mass is 35.5. The zero-order valence-electron chi connectivity index (χ0n) is 10.5. The smallest absolute Gasteiger partial charge is 0.229 e. The van der Waals surface area contributed by atoms with Crippen molar-refractivity contribution in [2.24, 2.45) is 0 Å². The summed E-state index contributed by atoms with van der Waals surface area (Å²) in [6, 6.07) is 8.08. The van der Waals surface area contributed by atoms with Gasteiger partial charge < -0.3 is 0 Å². The minimum atomic E-state index is -0.0948. The first kappa shape index (κ1) is 12.1. The lowest BCUT2D eigenvalue weighted by atomic mass is 9.95. The molecule has 0 aliphatic carbocycles. The van der Waals surface area contributed by atoms with Crippen molar-refractivity contribution in [3.05, 3.63) is 40.9 Å². The largest absolute Gasteiger partial charge is 0.269 e. The summed E-state index contributed by atoms with van der Waals surface area (Å²) < 4.78 is 1.91. The summed E-state index contributed by atoms with van der Waals surface area (Å²) in [6.45, 7) is 8.35. The van der Waals surface area contributed by atoms with E-state index < -0.39 is 0 Å². The Morgan fingerprint density at radius 2 is 1.76 bits per heavy atom. The second-order valence-corrected chi connectivity index (χ2v) is 5.50. The summed E-state index contributed by atoms with van der Waals surface area (Å²) >= 11 is 6.15. The summed E-state index contributed by atoms with van der Waals surface area (Å²) in [5, 5.41) is 8.57. The molecule has 0 unspecified atom stereocenters. The SMILES string of the molecule is Cc1ccccc1-n1c(Cl)nnc1C(C)(C)C. The second-order valence-electron chi connectivity index (χ2n) is 5.16. The molecule has 17 heavy (non-hydrogen) atoms. The maximum atomic E-state index is 6.15. The van der Waals surface area contributed by atoms with Gasteiger partial charge in [-0.05, 0) is 30.2 Å². The van der Waals surface area contributed by atoms with E-state index in [-0.39, 0.29) is 5.41 Å². The van der Waals surface area contributed by atoms with E-state index in [0.29, 0.717) is 5.28 Å². The van der Waals surface area contributed by atoms with Gasteiger partial charge in [0.05, 0.1) is 5.69 Å². The minimum Gasteiger partial charge on any atom is -0.269 e. The van der Waals surface area contributed by atoms with E-state index in [0.717, 1.165) is 17.1 Å². The van der Waals surface area contributed by atoms with Gasteiger partial charge >= 0.3 is 0 Å². The molecule has 1 aromatic heterocycles. The number of hydrogen-bond donors (Lipinski definition) is 0. The number of para-hydroxylation sites is 1. The van der Waals surface area contributed by atoms with Crippen molar-refractivity contribution in [1.29, 1.82) is 0 Å². The van der Waals surface area contributed by atoms with Crippen molar-refractivity contribution >= 4 is 11.6 Å². The predicted octanol–water partition coefficient (Wildman–Crippen LogP) is 3.53. The van der Waals surface area contributed by atoms with E-state index in [9.17, 15) is 0 Å². The third kappa shape index (κ3) is 2.20. The van der Waals surface area contributed by atoms with Gasteiger partial charge in [0.2, 0.25) is 5.28 Å². The van der Waals surface area contributed by atoms with Crippen LogP contribution < -0.4 is 0 Å². The molecule has 0 bridgehead atoms. The van der Waals surface area contributed by atoms with Crippen LogP contribution in [0.15, 0.2) is 24.3 Å². The summed E-state index contributed by atoms with van der Waals surface area (Å²) in [5.41, 5.74) is 2.09. The fraction of sp³-hybridized carbons (Fsp3) is 0.385. The fourth-order valence-electron chi connectivity index (χ4n) is 1.78. The molecule has 0 atom stereocenters. The van der Waals surface area contributed by atoms with Gasteiger partial charge in [-0.1, -0.05) is 39.0 Å². The third-order valence-electron chi connectivity index (χ3n) is 2.65. The van der Waals surface area contributed by atoms with Crippen molar-refractivity contribution in [1.82, 2.24) is 14.8 Å². The van der Waals surface area contributed by atoms with Crippen LogP contribution in [0.5, 0.6) is 0 Å². The van der Waals surface area contributed by atoms with Gasteiger partial charge in [-0.25, -0.2) is 0 Å². The number of hydrogen-bond acceptors (Lipinski definition) is 2. The van der Waals surface area contributed by atoms with E-state index >= 15 is 0 Å². The Bertz CT molecular complexity index is 538. The van der Waals surface area contributed by atoms with E-state index in [1.807, 2.05) is 22.8 Å². The van der Waals surface area contributed by atoms with Gasteiger partial charge in [-0.2, -0.15) is 0 Å². The van der Waals surface area contributed by atoms with Crippen molar-refractivity contribution in [2.45, 2.75) is 33.1 Å². The molecule has 90 valence electrons. The van der Waals surface area contributed by atoms with Crippen molar-refractivity contribution < 1.29 is 0 Å². The first-order chi connectivity index (χ1) is 7.91. The lowest BCUT2D eigenvalue weighted by Crippen LogP contribution is -2.18. The Morgan fingerprint density at radius 3 is 2.35 bits per heavy atom. The highest BCUT2D eigenvalue weighted by Gasteiger charge is 2.24. The molecule has 3 nitrogen and oxygen atoms in total. The zero-order valence-corrected chi connectivity index (χ0v) is 11.3. The van der Waals surface area contributed by atoms with Crippen LogP contribution >= 0.6 is 11.6 Å². The van der Waals surface area contributed by atoms with Crippen LogP contribution in [0.2, 0.25) is 5.28 Å². The number of aryl methyl sites for hydroxylation is 1. The highest BCUT2D eigenvalue weighted by Crippen LogP contribution is 2.27. The van der Waals surface area contributed by atoms with Gasteiger partial charge in [0, 0.05) is 5.41 Å². The summed E-state index contributed by atoms with van der Waals surface area (Å²) in [4.78, 5) is 0. The summed E-state index contributed by atoms with van der Waals surface area (Å²) in [5.74, 6) is 0.872. The Kier molecular flexibility index (Phi) is 2.96. The first-order valence-electron chi connectivity index (χ1n) is 5.58. The molecule has 0 aliphatic heterocycles. The molecule has 0 aliphatic rings. The molecular formula is C13H16ClN3. The first-order valence-corrected chi connectivity index (χ1v) is 5.96. The van der Waals surface area contributed by atoms with Crippen LogP contribution in [0.25, 0.3) is 5.69 Å². The van der Waals surface area contributed by atoms with E-state index in [2.05, 4.69) is 44.0 Å². The Hall–Kier alpha value is -1.35. The minimum absolute atomic E-state index is 0.0948. The van der Waals surface area contributed by atoms with Crippen LogP contribution in [0.3, 0.4) is 0 Å². The van der Waals surface area contributed by atoms with Crippen LogP contribution in [0.4, 0.5) is 0 Å². The average molecular weight is 250 g/mol. The molecule has 2 rings (SSSR count). The van der Waals surface area contributed by atoms with Crippen molar-refractivity contribution in [3.8, 4) is 5.69 Å². The lowest BCUT2D eigenvalue weighted by Gasteiger charge is -2.19. The molecule has 0 saturated carbocycles. The summed E-state index contributed by atoms with van der Waals surface area (Å²) in [6.07, 6.45) is 0. The molecule has 0 saturated heterocycles. The van der Waals surface area contributed by atoms with Crippen LogP contribution in [0.1, 0.15) is 32.2 Å². The molecule has 2 aromatic rings. The number of halogens is 1. The topological polar surface area (TPSA) is 30.7 Å². The second kappa shape index (κ2) is 4.15. The molecule has 4 heteroatoms. The molecule has 0 fully saturated rings. The third-order valence-corrected chi connectivity index (χ3v) is 2.90. The Labute approximate surface area is 106 Å². The molecular weight excluding hydrogens is 234 g/mol. The van der Waals surface area contributed by atoms with E-state index in [1.54, 1.807) is 0 Å². The molecule has 0 radical (unpaired) electrons. The van der Waals surface area contributed by atoms with E-state index in [4.69, 9.17) is 11.6 Å². The lowest BCUT2D eigenvalue weighted by molar-refractivity contribution is 0.533. The van der Waals surface area contributed by atoms with Gasteiger partial charge in [0.15, 0.2) is 0 Å². The molecule has 0 amide bonds. The molecule has 1 heterocycles. The molecule has 0 N–H and O–H groups in total. The van der Waals surface area contributed by atoms with Gasteiger partial charge in [-0.15, -0.1) is 10.2 Å². The standard InChI is InChI=1S/C13H16ClN3/c1-9-7-5-6-8-10(9)17-11(13(2,3)4)15-16-12(17)14/h5-8H,1-4H3. The Balaban J connectivity index is 2.68. The maximum Gasteiger partial charge on any atom is 0.229 e. The summed E-state index contributed by atoms with van der Waals surface area (Å²) in [7, 11) is 0. The quantitative estimate of drug-likeness (QED) is 0.774. The Morgan fingerprint density at radius 1 is 1.12 bits per heavy atom. The molecule has 1 aromatic carbocycles.